The van der Waals surface area contributed by atoms with Crippen molar-refractivity contribution in [3.05, 3.63) is 47.3 Å². The number of piperidine rings is 2. The first-order chi connectivity index (χ1) is 18.1. The summed E-state index contributed by atoms with van der Waals surface area (Å²) >= 11 is 0. The third-order valence-corrected chi connectivity index (χ3v) is 11.1. The van der Waals surface area contributed by atoms with Gasteiger partial charge in [0.25, 0.3) is 0 Å². The number of hydrogen-bond acceptors (Lipinski definition) is 2. The van der Waals surface area contributed by atoms with Gasteiger partial charge in [-0.25, -0.2) is 4.58 Å². The van der Waals surface area contributed by atoms with Gasteiger partial charge in [-0.05, 0) is 111 Å². The summed E-state index contributed by atoms with van der Waals surface area (Å²) in [6.45, 7) is 7.23. The Balaban J connectivity index is 1.28. The molecule has 3 heteroatoms. The smallest absolute Gasteiger partial charge is 0.203 e. The molecule has 1 spiro atoms. The summed E-state index contributed by atoms with van der Waals surface area (Å²) in [7, 11) is 0. The monoisotopic (exact) mass is 495 g/mol. The van der Waals surface area contributed by atoms with Crippen molar-refractivity contribution in [2.24, 2.45) is 22.7 Å². The van der Waals surface area contributed by atoms with Gasteiger partial charge in [0.2, 0.25) is 5.36 Å². The molecule has 0 aromatic heterocycles. The van der Waals surface area contributed by atoms with E-state index >= 15 is 0 Å². The lowest BCUT2D eigenvalue weighted by Crippen LogP contribution is -2.34. The lowest BCUT2D eigenvalue weighted by atomic mass is 9.64. The number of hydrogen-bond donors (Lipinski definition) is 0. The van der Waals surface area contributed by atoms with Gasteiger partial charge < -0.3 is 9.32 Å². The largest absolute Gasteiger partial charge is 0.456 e. The number of anilines is 1. The molecule has 3 saturated carbocycles. The molecule has 3 aliphatic heterocycles. The molecule has 1 aromatic carbocycles. The average molecular weight is 496 g/mol. The fraction of sp³-hybridized carbons (Fsp3) is 0.618. The Labute approximate surface area is 221 Å². The predicted octanol–water partition coefficient (Wildman–Crippen LogP) is 7.24. The Bertz CT molecular complexity index is 1380. The van der Waals surface area contributed by atoms with Crippen LogP contribution in [0.15, 0.2) is 40.8 Å². The molecular formula is C34H43N2O+. The Morgan fingerprint density at radius 1 is 0.892 bits per heavy atom. The molecule has 0 amide bonds. The van der Waals surface area contributed by atoms with Crippen molar-refractivity contribution in [3.63, 3.8) is 0 Å². The van der Waals surface area contributed by atoms with Gasteiger partial charge in [-0.15, -0.1) is 0 Å². The van der Waals surface area contributed by atoms with E-state index in [2.05, 4.69) is 52.8 Å². The van der Waals surface area contributed by atoms with E-state index in [0.717, 1.165) is 23.2 Å². The van der Waals surface area contributed by atoms with Crippen LogP contribution in [0.3, 0.4) is 0 Å². The highest BCUT2D eigenvalue weighted by molar-refractivity contribution is 5.90. The van der Waals surface area contributed by atoms with E-state index in [1.165, 1.54) is 125 Å². The first-order valence-electron chi connectivity index (χ1n) is 15.4. The third kappa shape index (κ3) is 3.78. The molecule has 0 N–H and O–H groups in total. The first-order valence-corrected chi connectivity index (χ1v) is 15.4. The molecule has 5 fully saturated rings. The van der Waals surface area contributed by atoms with Gasteiger partial charge in [-0.1, -0.05) is 6.92 Å². The summed E-state index contributed by atoms with van der Waals surface area (Å²) in [5.41, 5.74) is 6.58. The number of fused-ring (bicyclic) bond motifs is 3. The van der Waals surface area contributed by atoms with Crippen LogP contribution in [-0.4, -0.2) is 26.2 Å². The summed E-state index contributed by atoms with van der Waals surface area (Å²) in [6, 6.07) is 14.3. The van der Waals surface area contributed by atoms with E-state index in [9.17, 15) is 0 Å². The zero-order chi connectivity index (χ0) is 24.6. The van der Waals surface area contributed by atoms with Crippen LogP contribution in [0.1, 0.15) is 83.1 Å². The maximum atomic E-state index is 6.81. The quantitative estimate of drug-likeness (QED) is 0.282. The normalized spacial score (nSPS) is 33.2. The average Bonchev–Trinajstić information content (AvgIpc) is 3.49. The fourth-order valence-corrected chi connectivity index (χ4v) is 9.68. The molecule has 37 heavy (non-hydrogen) atoms. The van der Waals surface area contributed by atoms with Gasteiger partial charge in [0.1, 0.15) is 24.4 Å². The number of benzene rings is 2. The number of rotatable bonds is 3. The van der Waals surface area contributed by atoms with E-state index in [1.807, 2.05) is 0 Å². The fourth-order valence-electron chi connectivity index (χ4n) is 9.68. The summed E-state index contributed by atoms with van der Waals surface area (Å²) < 4.78 is 9.38. The molecule has 3 nitrogen and oxygen atoms in total. The van der Waals surface area contributed by atoms with Crippen molar-refractivity contribution in [2.75, 3.05) is 31.1 Å². The van der Waals surface area contributed by atoms with Gasteiger partial charge in [0.15, 0.2) is 0 Å². The minimum Gasteiger partial charge on any atom is -0.456 e. The summed E-state index contributed by atoms with van der Waals surface area (Å²) in [6.07, 6.45) is 16.5. The molecule has 4 aliphatic carbocycles. The highest BCUT2D eigenvalue weighted by Gasteiger charge is 2.67. The van der Waals surface area contributed by atoms with Crippen molar-refractivity contribution < 1.29 is 4.42 Å². The molecule has 4 unspecified atom stereocenters. The molecule has 7 aliphatic rings. The molecule has 2 saturated heterocycles. The van der Waals surface area contributed by atoms with Crippen LogP contribution >= 0.6 is 0 Å². The summed E-state index contributed by atoms with van der Waals surface area (Å²) in [5, 5.41) is 2.71. The molecule has 2 bridgehead atoms. The van der Waals surface area contributed by atoms with Gasteiger partial charge in [0.05, 0.1) is 6.07 Å². The second kappa shape index (κ2) is 8.35. The van der Waals surface area contributed by atoms with Crippen molar-refractivity contribution in [2.45, 2.75) is 84.0 Å². The van der Waals surface area contributed by atoms with Crippen LogP contribution in [0.4, 0.5) is 5.69 Å². The van der Waals surface area contributed by atoms with Crippen LogP contribution in [0.2, 0.25) is 0 Å². The highest BCUT2D eigenvalue weighted by Crippen LogP contribution is 2.76. The van der Waals surface area contributed by atoms with E-state index < -0.39 is 0 Å². The minimum atomic E-state index is 0.499. The molecule has 8 rings (SSSR count). The van der Waals surface area contributed by atoms with Gasteiger partial charge in [0, 0.05) is 54.7 Å². The van der Waals surface area contributed by atoms with E-state index in [4.69, 9.17) is 4.42 Å². The van der Waals surface area contributed by atoms with Gasteiger partial charge in [-0.2, -0.15) is 0 Å². The molecule has 0 radical (unpaired) electrons. The van der Waals surface area contributed by atoms with E-state index in [-0.39, 0.29) is 0 Å². The second-order valence-electron chi connectivity index (χ2n) is 13.9. The Hall–Kier alpha value is -2.29. The maximum Gasteiger partial charge on any atom is 0.203 e. The van der Waals surface area contributed by atoms with Crippen LogP contribution in [0, 0.1) is 22.7 Å². The first kappa shape index (κ1) is 22.7. The van der Waals surface area contributed by atoms with Crippen LogP contribution in [0.25, 0.3) is 22.3 Å². The molecular weight excluding hydrogens is 452 g/mol. The zero-order valence-electron chi connectivity index (χ0n) is 22.7. The SMILES string of the molecule is CC1CC2(Cc3c4ccc(=[N+]5CCCCC5)cc-4oc4cc(N5CCCCC5)ccc34)CC3CC3(C1)C2. The molecule has 1 aromatic rings. The summed E-state index contributed by atoms with van der Waals surface area (Å²) in [5.74, 6) is 2.99. The third-order valence-electron chi connectivity index (χ3n) is 11.1. The second-order valence-corrected chi connectivity index (χ2v) is 13.9. The van der Waals surface area contributed by atoms with Crippen molar-refractivity contribution in [1.82, 2.24) is 4.58 Å². The Kier molecular flexibility index (Phi) is 5.12. The van der Waals surface area contributed by atoms with E-state index in [0.29, 0.717) is 10.8 Å². The minimum absolute atomic E-state index is 0.499. The van der Waals surface area contributed by atoms with Crippen molar-refractivity contribution in [1.29, 1.82) is 0 Å². The van der Waals surface area contributed by atoms with E-state index in [1.54, 1.807) is 5.56 Å². The van der Waals surface area contributed by atoms with Crippen LogP contribution < -0.4 is 14.8 Å². The zero-order valence-corrected chi connectivity index (χ0v) is 22.7. The Morgan fingerprint density at radius 3 is 2.59 bits per heavy atom. The standard InChI is InChI=1S/C34H43N2O/c1-24-18-33(20-25-21-34(25,19-24)23-33)22-30-28-10-8-26(35-12-4-2-5-13-35)16-31(28)37-32-17-27(9-11-29(30)32)36-14-6-3-7-15-36/h8-11,16-17,24-25H,2-7,12-15,18-23H2,1H3/q+1. The lowest BCUT2D eigenvalue weighted by Gasteiger charge is -2.41. The van der Waals surface area contributed by atoms with Crippen molar-refractivity contribution >= 4 is 16.7 Å². The van der Waals surface area contributed by atoms with Gasteiger partial charge in [-0.3, -0.25) is 0 Å². The van der Waals surface area contributed by atoms with Gasteiger partial charge >= 0.3 is 0 Å². The predicted molar refractivity (Wildman–Crippen MR) is 152 cm³/mol. The molecule has 194 valence electrons. The number of nitrogens with zero attached hydrogens (tertiary/aromatic N) is 2. The lowest BCUT2D eigenvalue weighted by molar-refractivity contribution is 0.123. The highest BCUT2D eigenvalue weighted by atomic mass is 16.3. The molecule has 4 atom stereocenters. The van der Waals surface area contributed by atoms with Crippen LogP contribution in [-0.2, 0) is 6.42 Å². The molecule has 3 heterocycles. The van der Waals surface area contributed by atoms with Crippen LogP contribution in [0.5, 0.6) is 0 Å². The Morgan fingerprint density at radius 2 is 1.73 bits per heavy atom. The topological polar surface area (TPSA) is 19.4 Å². The maximum absolute atomic E-state index is 6.81. The van der Waals surface area contributed by atoms with Crippen molar-refractivity contribution in [3.8, 4) is 11.3 Å². The summed E-state index contributed by atoms with van der Waals surface area (Å²) in [4.78, 5) is 2.57.